The Morgan fingerprint density at radius 2 is 0.538 bits per heavy atom. The highest BCUT2D eigenvalue weighted by Gasteiger charge is 2.14. The van der Waals surface area contributed by atoms with Crippen LogP contribution in [-0.2, 0) is 0 Å². The van der Waals surface area contributed by atoms with Gasteiger partial charge in [0.25, 0.3) is 0 Å². The summed E-state index contributed by atoms with van der Waals surface area (Å²) < 4.78 is 0. The first-order chi connectivity index (χ1) is 25.3. The van der Waals surface area contributed by atoms with Crippen LogP contribution in [0, 0.1) is 27.7 Å². The van der Waals surface area contributed by atoms with Gasteiger partial charge in [0, 0.05) is 34.1 Å². The number of hydrogen-bond donors (Lipinski definition) is 0. The Morgan fingerprint density at radius 1 is 0.327 bits per heavy atom. The summed E-state index contributed by atoms with van der Waals surface area (Å²) in [6.07, 6.45) is 4.33. The Morgan fingerprint density at radius 3 is 0.827 bits per heavy atom. The van der Waals surface area contributed by atoms with E-state index in [0.717, 1.165) is 62.0 Å². The summed E-state index contributed by atoms with van der Waals surface area (Å²) in [6.45, 7) is 13.0. The monoisotopic (exact) mass is 672 g/mol. The molecule has 254 valence electrons. The van der Waals surface area contributed by atoms with Gasteiger partial charge in [-0.3, -0.25) is 0 Å². The number of rotatable bonds is 10. The molecule has 0 bridgehead atoms. The lowest BCUT2D eigenvalue weighted by atomic mass is 9.98. The molecule has 0 fully saturated rings. The second-order valence-corrected chi connectivity index (χ2v) is 13.6. The molecule has 0 N–H and O–H groups in total. The summed E-state index contributed by atoms with van der Waals surface area (Å²) in [6, 6.07) is 60.8. The largest absolute Gasteiger partial charge is 0.311 e. The van der Waals surface area contributed by atoms with E-state index in [1.54, 1.807) is 0 Å². The van der Waals surface area contributed by atoms with Crippen LogP contribution in [0.4, 0.5) is 34.1 Å². The van der Waals surface area contributed by atoms with Crippen molar-refractivity contribution < 1.29 is 0 Å². The molecule has 0 aliphatic carbocycles. The Labute approximate surface area is 309 Å². The maximum atomic E-state index is 4.47. The fourth-order valence-electron chi connectivity index (χ4n) is 6.37. The molecule has 0 aliphatic heterocycles. The second-order valence-electron chi connectivity index (χ2n) is 13.6. The molecule has 2 heteroatoms. The maximum Gasteiger partial charge on any atom is 0.0462 e. The maximum absolute atomic E-state index is 4.47. The van der Waals surface area contributed by atoms with Crippen LogP contribution in [0.5, 0.6) is 0 Å². The van der Waals surface area contributed by atoms with Crippen LogP contribution >= 0.6 is 0 Å². The minimum Gasteiger partial charge on any atom is -0.311 e. The smallest absolute Gasteiger partial charge is 0.0462 e. The van der Waals surface area contributed by atoms with E-state index in [9.17, 15) is 0 Å². The molecule has 0 radical (unpaired) electrons. The van der Waals surface area contributed by atoms with Crippen LogP contribution in [0.1, 0.15) is 44.5 Å². The van der Waals surface area contributed by atoms with Gasteiger partial charge in [-0.25, -0.2) is 0 Å². The second kappa shape index (κ2) is 15.2. The van der Waals surface area contributed by atoms with Crippen LogP contribution in [-0.4, -0.2) is 0 Å². The van der Waals surface area contributed by atoms with E-state index in [4.69, 9.17) is 0 Å². The molecule has 0 spiro atoms. The molecule has 0 unspecified atom stereocenters. The molecular formula is C50H44N2. The fourth-order valence-corrected chi connectivity index (χ4v) is 6.37. The molecule has 0 aliphatic rings. The quantitative estimate of drug-likeness (QED) is 0.133. The van der Waals surface area contributed by atoms with E-state index in [1.807, 2.05) is 0 Å². The zero-order chi connectivity index (χ0) is 36.0. The number of nitrogens with zero attached hydrogens (tertiary/aromatic N) is 2. The lowest BCUT2D eigenvalue weighted by Gasteiger charge is -2.26. The molecule has 0 saturated carbocycles. The molecule has 0 amide bonds. The van der Waals surface area contributed by atoms with Crippen LogP contribution in [0.2, 0.25) is 0 Å². The van der Waals surface area contributed by atoms with Crippen molar-refractivity contribution in [2.24, 2.45) is 0 Å². The Hall–Kier alpha value is -6.38. The fraction of sp³-hybridized carbons (Fsp3) is 0.0800. The van der Waals surface area contributed by atoms with Crippen molar-refractivity contribution in [3.05, 3.63) is 221 Å². The standard InChI is InChI=1S/C50H44N2/c1-36-6-24-45(25-7-36)51(46-26-8-37(2)9-27-46)49-32-18-42(19-33-49)15-14-41-16-20-43(21-17-41)40(5)44-22-34-50(35-23-44)52(47-28-10-38(3)11-29-47)48-30-12-39(4)13-31-48/h6-35H,5H2,1-4H3. The SMILES string of the molecule is C=C(c1ccc(C=Cc2ccc(N(c3ccc(C)cc3)c3ccc(C)cc3)cc2)cc1)c1ccc(N(c2ccc(C)cc2)c2ccc(C)cc2)cc1. The Balaban J connectivity index is 1.05. The van der Waals surface area contributed by atoms with E-state index in [2.05, 4.69) is 226 Å². The number of hydrogen-bond acceptors (Lipinski definition) is 2. The average Bonchev–Trinajstić information content (AvgIpc) is 3.18. The van der Waals surface area contributed by atoms with Crippen molar-refractivity contribution in [2.45, 2.75) is 27.7 Å². The van der Waals surface area contributed by atoms with Gasteiger partial charge in [-0.2, -0.15) is 0 Å². The predicted molar refractivity (Wildman–Crippen MR) is 225 cm³/mol. The number of benzene rings is 7. The molecule has 0 saturated heterocycles. The van der Waals surface area contributed by atoms with Gasteiger partial charge in [-0.15, -0.1) is 0 Å². The van der Waals surface area contributed by atoms with Crippen LogP contribution < -0.4 is 9.80 Å². The summed E-state index contributed by atoms with van der Waals surface area (Å²) in [5, 5.41) is 0. The van der Waals surface area contributed by atoms with Gasteiger partial charge in [0.05, 0.1) is 0 Å². The summed E-state index contributed by atoms with van der Waals surface area (Å²) in [5.74, 6) is 0. The van der Waals surface area contributed by atoms with Crippen molar-refractivity contribution in [3.8, 4) is 0 Å². The molecule has 7 aromatic carbocycles. The van der Waals surface area contributed by atoms with Gasteiger partial charge in [0.15, 0.2) is 0 Å². The number of aryl methyl sites for hydroxylation is 4. The highest BCUT2D eigenvalue weighted by Crippen LogP contribution is 2.37. The number of anilines is 6. The van der Waals surface area contributed by atoms with Gasteiger partial charge >= 0.3 is 0 Å². The molecular weight excluding hydrogens is 629 g/mol. The summed E-state index contributed by atoms with van der Waals surface area (Å²) in [5.41, 5.74) is 17.3. The lowest BCUT2D eigenvalue weighted by molar-refractivity contribution is 1.27. The summed E-state index contributed by atoms with van der Waals surface area (Å²) in [4.78, 5) is 4.60. The zero-order valence-electron chi connectivity index (χ0n) is 30.4. The summed E-state index contributed by atoms with van der Waals surface area (Å²) in [7, 11) is 0. The molecule has 0 atom stereocenters. The third-order valence-corrected chi connectivity index (χ3v) is 9.52. The molecule has 52 heavy (non-hydrogen) atoms. The Bertz CT molecular complexity index is 2190. The van der Waals surface area contributed by atoms with Crippen molar-refractivity contribution in [3.63, 3.8) is 0 Å². The van der Waals surface area contributed by atoms with Gasteiger partial charge < -0.3 is 9.80 Å². The van der Waals surface area contributed by atoms with Gasteiger partial charge in [-0.1, -0.05) is 138 Å². The van der Waals surface area contributed by atoms with Crippen molar-refractivity contribution in [2.75, 3.05) is 9.80 Å². The molecule has 0 aromatic heterocycles. The lowest BCUT2D eigenvalue weighted by Crippen LogP contribution is -2.10. The minimum absolute atomic E-state index is 1.00. The van der Waals surface area contributed by atoms with Gasteiger partial charge in [-0.05, 0) is 128 Å². The van der Waals surface area contributed by atoms with E-state index in [0.29, 0.717) is 0 Å². The van der Waals surface area contributed by atoms with Crippen LogP contribution in [0.3, 0.4) is 0 Å². The van der Waals surface area contributed by atoms with Gasteiger partial charge in [0.1, 0.15) is 0 Å². The molecule has 0 heterocycles. The van der Waals surface area contributed by atoms with E-state index < -0.39 is 0 Å². The third-order valence-electron chi connectivity index (χ3n) is 9.52. The minimum atomic E-state index is 1.00. The van der Waals surface area contributed by atoms with Crippen LogP contribution in [0.15, 0.2) is 176 Å². The third kappa shape index (κ3) is 7.83. The zero-order valence-corrected chi connectivity index (χ0v) is 30.4. The summed E-state index contributed by atoms with van der Waals surface area (Å²) >= 11 is 0. The highest BCUT2D eigenvalue weighted by atomic mass is 15.1. The average molecular weight is 673 g/mol. The molecule has 2 nitrogen and oxygen atoms in total. The highest BCUT2D eigenvalue weighted by molar-refractivity contribution is 5.83. The van der Waals surface area contributed by atoms with E-state index in [1.165, 1.54) is 22.3 Å². The van der Waals surface area contributed by atoms with Crippen molar-refractivity contribution in [1.29, 1.82) is 0 Å². The Kier molecular flexibility index (Phi) is 9.99. The van der Waals surface area contributed by atoms with E-state index >= 15 is 0 Å². The van der Waals surface area contributed by atoms with Crippen LogP contribution in [0.25, 0.3) is 17.7 Å². The first kappa shape index (κ1) is 34.1. The van der Waals surface area contributed by atoms with Gasteiger partial charge in [0.2, 0.25) is 0 Å². The normalized spacial score (nSPS) is 11.1. The molecule has 7 aromatic rings. The molecule has 7 rings (SSSR count). The first-order valence-corrected chi connectivity index (χ1v) is 17.9. The predicted octanol–water partition coefficient (Wildman–Crippen LogP) is 14.1. The van der Waals surface area contributed by atoms with Crippen molar-refractivity contribution >= 4 is 51.8 Å². The van der Waals surface area contributed by atoms with E-state index in [-0.39, 0.29) is 0 Å². The van der Waals surface area contributed by atoms with Crippen molar-refractivity contribution in [1.82, 2.24) is 0 Å². The topological polar surface area (TPSA) is 6.48 Å². The first-order valence-electron chi connectivity index (χ1n) is 17.9.